The molecule has 1 aliphatic rings. The molecule has 0 heterocycles. The Balaban J connectivity index is 2.34. The predicted molar refractivity (Wildman–Crippen MR) is 69.8 cm³/mol. The standard InChI is InChI=1S/C14H22N2O/c1-8-5-11(8)14(16-15)12-6-10(3)13(17-4)7-9(12)2/h6-8,11,14,16H,5,15H2,1-4H3. The second-order valence-electron chi connectivity index (χ2n) is 5.20. The second-order valence-corrected chi connectivity index (χ2v) is 5.20. The summed E-state index contributed by atoms with van der Waals surface area (Å²) >= 11 is 0. The maximum Gasteiger partial charge on any atom is 0.122 e. The zero-order valence-corrected chi connectivity index (χ0v) is 11.1. The van der Waals surface area contributed by atoms with E-state index in [0.717, 1.165) is 11.7 Å². The smallest absolute Gasteiger partial charge is 0.122 e. The van der Waals surface area contributed by atoms with Crippen molar-refractivity contribution in [3.8, 4) is 5.75 Å². The molecule has 94 valence electrons. The first kappa shape index (κ1) is 12.4. The SMILES string of the molecule is COc1cc(C)c(C(NN)C2CC2C)cc1C. The quantitative estimate of drug-likeness (QED) is 0.621. The third kappa shape index (κ3) is 2.31. The van der Waals surface area contributed by atoms with Crippen LogP contribution < -0.4 is 16.0 Å². The molecular weight excluding hydrogens is 212 g/mol. The number of hydrogen-bond acceptors (Lipinski definition) is 3. The maximum atomic E-state index is 5.72. The van der Waals surface area contributed by atoms with Crippen molar-refractivity contribution in [1.82, 2.24) is 5.43 Å². The molecule has 1 aromatic rings. The van der Waals surface area contributed by atoms with Crippen molar-refractivity contribution in [1.29, 1.82) is 0 Å². The Morgan fingerprint density at radius 2 is 2.00 bits per heavy atom. The van der Waals surface area contributed by atoms with Gasteiger partial charge in [0.1, 0.15) is 5.75 Å². The Labute approximate surface area is 103 Å². The molecule has 2 rings (SSSR count). The molecule has 0 spiro atoms. The van der Waals surface area contributed by atoms with Crippen molar-refractivity contribution in [2.24, 2.45) is 17.7 Å². The van der Waals surface area contributed by atoms with Crippen molar-refractivity contribution in [2.75, 3.05) is 7.11 Å². The molecule has 3 unspecified atom stereocenters. The van der Waals surface area contributed by atoms with Crippen LogP contribution in [0.25, 0.3) is 0 Å². The van der Waals surface area contributed by atoms with Gasteiger partial charge in [-0.2, -0.15) is 0 Å². The Morgan fingerprint density at radius 1 is 1.35 bits per heavy atom. The van der Waals surface area contributed by atoms with Crippen LogP contribution in [0.4, 0.5) is 0 Å². The first-order chi connectivity index (χ1) is 8.08. The molecule has 1 aliphatic carbocycles. The lowest BCUT2D eigenvalue weighted by molar-refractivity contribution is 0.410. The normalized spacial score (nSPS) is 24.5. The van der Waals surface area contributed by atoms with Crippen molar-refractivity contribution in [2.45, 2.75) is 33.2 Å². The average Bonchev–Trinajstić information content (AvgIpc) is 3.01. The van der Waals surface area contributed by atoms with Gasteiger partial charge in [-0.15, -0.1) is 0 Å². The van der Waals surface area contributed by atoms with Gasteiger partial charge in [-0.25, -0.2) is 0 Å². The number of nitrogens with one attached hydrogen (secondary N) is 1. The van der Waals surface area contributed by atoms with Gasteiger partial charge in [0.15, 0.2) is 0 Å². The van der Waals surface area contributed by atoms with E-state index in [1.807, 2.05) is 0 Å². The largest absolute Gasteiger partial charge is 0.496 e. The summed E-state index contributed by atoms with van der Waals surface area (Å²) in [5, 5.41) is 0. The zero-order valence-electron chi connectivity index (χ0n) is 11.1. The fraction of sp³-hybridized carbons (Fsp3) is 0.571. The van der Waals surface area contributed by atoms with E-state index in [-0.39, 0.29) is 6.04 Å². The number of methoxy groups -OCH3 is 1. The van der Waals surface area contributed by atoms with E-state index < -0.39 is 0 Å². The third-order valence-electron chi connectivity index (χ3n) is 3.90. The monoisotopic (exact) mass is 234 g/mol. The van der Waals surface area contributed by atoms with Gasteiger partial charge in [0, 0.05) is 6.04 Å². The van der Waals surface area contributed by atoms with Crippen molar-refractivity contribution < 1.29 is 4.74 Å². The van der Waals surface area contributed by atoms with E-state index in [0.29, 0.717) is 5.92 Å². The van der Waals surface area contributed by atoms with Crippen molar-refractivity contribution in [3.63, 3.8) is 0 Å². The molecule has 3 atom stereocenters. The van der Waals surface area contributed by atoms with Gasteiger partial charge >= 0.3 is 0 Å². The summed E-state index contributed by atoms with van der Waals surface area (Å²) in [7, 11) is 1.71. The molecule has 0 amide bonds. The number of hydrazine groups is 1. The average molecular weight is 234 g/mol. The Hall–Kier alpha value is -1.06. The summed E-state index contributed by atoms with van der Waals surface area (Å²) in [6.45, 7) is 6.47. The molecule has 1 saturated carbocycles. The number of rotatable bonds is 4. The minimum atomic E-state index is 0.273. The predicted octanol–water partition coefficient (Wildman–Crippen LogP) is 2.47. The summed E-state index contributed by atoms with van der Waals surface area (Å²) in [6, 6.07) is 4.57. The van der Waals surface area contributed by atoms with Crippen LogP contribution in [0.3, 0.4) is 0 Å². The summed E-state index contributed by atoms with van der Waals surface area (Å²) in [5.74, 6) is 8.11. The molecule has 0 aliphatic heterocycles. The minimum absolute atomic E-state index is 0.273. The topological polar surface area (TPSA) is 47.3 Å². The number of nitrogens with two attached hydrogens (primary N) is 1. The van der Waals surface area contributed by atoms with Crippen molar-refractivity contribution in [3.05, 3.63) is 28.8 Å². The molecule has 1 fully saturated rings. The molecule has 0 saturated heterocycles. The highest BCUT2D eigenvalue weighted by molar-refractivity contribution is 5.43. The molecule has 0 radical (unpaired) electrons. The van der Waals surface area contributed by atoms with Crippen LogP contribution in [0.15, 0.2) is 12.1 Å². The molecule has 0 bridgehead atoms. The van der Waals surface area contributed by atoms with Crippen LogP contribution >= 0.6 is 0 Å². The zero-order chi connectivity index (χ0) is 12.6. The molecular formula is C14H22N2O. The number of hydrogen-bond donors (Lipinski definition) is 2. The summed E-state index contributed by atoms with van der Waals surface area (Å²) in [6.07, 6.45) is 1.26. The van der Waals surface area contributed by atoms with Gasteiger partial charge in [-0.05, 0) is 54.9 Å². The minimum Gasteiger partial charge on any atom is -0.496 e. The van der Waals surface area contributed by atoms with Gasteiger partial charge in [0.2, 0.25) is 0 Å². The summed E-state index contributed by atoms with van der Waals surface area (Å²) in [4.78, 5) is 0. The van der Waals surface area contributed by atoms with E-state index in [2.05, 4.69) is 38.3 Å². The number of benzene rings is 1. The van der Waals surface area contributed by atoms with Crippen LogP contribution in [-0.2, 0) is 0 Å². The lowest BCUT2D eigenvalue weighted by Crippen LogP contribution is -2.30. The van der Waals surface area contributed by atoms with E-state index in [4.69, 9.17) is 10.6 Å². The van der Waals surface area contributed by atoms with Crippen LogP contribution in [-0.4, -0.2) is 7.11 Å². The van der Waals surface area contributed by atoms with Gasteiger partial charge in [0.05, 0.1) is 7.11 Å². The van der Waals surface area contributed by atoms with Gasteiger partial charge < -0.3 is 4.74 Å². The maximum absolute atomic E-state index is 5.72. The van der Waals surface area contributed by atoms with Crippen LogP contribution in [0.1, 0.15) is 36.1 Å². The molecule has 1 aromatic carbocycles. The van der Waals surface area contributed by atoms with Crippen LogP contribution in [0, 0.1) is 25.7 Å². The highest BCUT2D eigenvalue weighted by Gasteiger charge is 2.40. The first-order valence-corrected chi connectivity index (χ1v) is 6.19. The fourth-order valence-corrected chi connectivity index (χ4v) is 2.63. The summed E-state index contributed by atoms with van der Waals surface area (Å²) < 4.78 is 5.34. The molecule has 3 N–H and O–H groups in total. The Morgan fingerprint density at radius 3 is 2.47 bits per heavy atom. The molecule has 3 nitrogen and oxygen atoms in total. The highest BCUT2D eigenvalue weighted by atomic mass is 16.5. The third-order valence-corrected chi connectivity index (χ3v) is 3.90. The van der Waals surface area contributed by atoms with E-state index in [1.165, 1.54) is 23.1 Å². The van der Waals surface area contributed by atoms with Crippen LogP contribution in [0.5, 0.6) is 5.75 Å². The highest BCUT2D eigenvalue weighted by Crippen LogP contribution is 2.47. The molecule has 3 heteroatoms. The lowest BCUT2D eigenvalue weighted by atomic mass is 9.95. The van der Waals surface area contributed by atoms with Crippen molar-refractivity contribution >= 4 is 0 Å². The van der Waals surface area contributed by atoms with Crippen LogP contribution in [0.2, 0.25) is 0 Å². The molecule has 17 heavy (non-hydrogen) atoms. The Bertz CT molecular complexity index is 417. The lowest BCUT2D eigenvalue weighted by Gasteiger charge is -2.20. The number of aryl methyl sites for hydroxylation is 2. The van der Waals surface area contributed by atoms with E-state index >= 15 is 0 Å². The Kier molecular flexibility index (Phi) is 3.40. The van der Waals surface area contributed by atoms with Gasteiger partial charge in [-0.3, -0.25) is 11.3 Å². The molecule has 0 aromatic heterocycles. The van der Waals surface area contributed by atoms with E-state index in [9.17, 15) is 0 Å². The first-order valence-electron chi connectivity index (χ1n) is 6.19. The number of ether oxygens (including phenoxy) is 1. The van der Waals surface area contributed by atoms with Gasteiger partial charge in [-0.1, -0.05) is 13.0 Å². The summed E-state index contributed by atoms with van der Waals surface area (Å²) in [5.41, 5.74) is 6.69. The fourth-order valence-electron chi connectivity index (χ4n) is 2.63. The van der Waals surface area contributed by atoms with E-state index in [1.54, 1.807) is 7.11 Å². The second kappa shape index (κ2) is 4.67. The van der Waals surface area contributed by atoms with Gasteiger partial charge in [0.25, 0.3) is 0 Å².